The number of rotatable bonds is 6. The van der Waals surface area contributed by atoms with Crippen molar-refractivity contribution in [1.29, 1.82) is 0 Å². The van der Waals surface area contributed by atoms with Crippen LogP contribution in [0.1, 0.15) is 37.8 Å². The van der Waals surface area contributed by atoms with Gasteiger partial charge in [0.25, 0.3) is 5.69 Å². The number of carbonyl (C=O) groups excluding carboxylic acids is 2. The van der Waals surface area contributed by atoms with E-state index >= 15 is 0 Å². The van der Waals surface area contributed by atoms with Gasteiger partial charge in [0.2, 0.25) is 0 Å². The van der Waals surface area contributed by atoms with Crippen LogP contribution in [0.3, 0.4) is 0 Å². The van der Waals surface area contributed by atoms with Gasteiger partial charge in [-0.15, -0.1) is 0 Å². The molecule has 0 N–H and O–H groups in total. The average Bonchev–Trinajstić information content (AvgIpc) is 3.33. The van der Waals surface area contributed by atoms with Gasteiger partial charge in [0.15, 0.2) is 11.6 Å². The zero-order chi connectivity index (χ0) is 26.2. The van der Waals surface area contributed by atoms with Crippen LogP contribution < -0.4 is 4.90 Å². The highest BCUT2D eigenvalue weighted by atomic mass is 16.6. The summed E-state index contributed by atoms with van der Waals surface area (Å²) in [6.07, 6.45) is 4.04. The van der Waals surface area contributed by atoms with Crippen molar-refractivity contribution >= 4 is 29.0 Å². The number of ketones is 2. The molecule has 2 aliphatic heterocycles. The number of hydrogen-bond donors (Lipinski definition) is 0. The van der Waals surface area contributed by atoms with E-state index in [2.05, 4.69) is 4.90 Å². The first-order valence-corrected chi connectivity index (χ1v) is 12.5. The second-order valence-corrected chi connectivity index (χ2v) is 9.62. The summed E-state index contributed by atoms with van der Waals surface area (Å²) in [4.78, 5) is 41.6. The van der Waals surface area contributed by atoms with Crippen LogP contribution in [-0.2, 0) is 0 Å². The molecule has 6 rings (SSSR count). The van der Waals surface area contributed by atoms with Crippen molar-refractivity contribution in [3.8, 4) is 0 Å². The summed E-state index contributed by atoms with van der Waals surface area (Å²) in [6.45, 7) is 0. The largest absolute Gasteiger partial charge is 0.353 e. The van der Waals surface area contributed by atoms with E-state index < -0.39 is 22.8 Å². The maximum Gasteiger partial charge on any atom is 0.270 e. The summed E-state index contributed by atoms with van der Waals surface area (Å²) >= 11 is 0. The first-order chi connectivity index (χ1) is 18.5. The van der Waals surface area contributed by atoms with E-state index in [9.17, 15) is 19.7 Å². The van der Waals surface area contributed by atoms with Gasteiger partial charge < -0.3 is 4.90 Å². The second-order valence-electron chi connectivity index (χ2n) is 9.62. The molecule has 0 amide bonds. The normalized spacial score (nSPS) is 21.4. The van der Waals surface area contributed by atoms with E-state index in [0.717, 1.165) is 16.8 Å². The summed E-state index contributed by atoms with van der Waals surface area (Å²) in [6, 6.07) is 31.4. The van der Waals surface area contributed by atoms with Crippen molar-refractivity contribution in [2.24, 2.45) is 5.92 Å². The predicted molar refractivity (Wildman–Crippen MR) is 146 cm³/mol. The molecule has 1 fully saturated rings. The third kappa shape index (κ3) is 3.91. The Morgan fingerprint density at radius 1 is 0.737 bits per heavy atom. The fourth-order valence-electron chi connectivity index (χ4n) is 5.94. The number of fused-ring (bicyclic) bond motifs is 3. The summed E-state index contributed by atoms with van der Waals surface area (Å²) < 4.78 is 0. The topological polar surface area (TPSA) is 80.5 Å². The Morgan fingerprint density at radius 3 is 2.13 bits per heavy atom. The third-order valence-corrected chi connectivity index (χ3v) is 7.56. The van der Waals surface area contributed by atoms with E-state index in [1.54, 1.807) is 6.07 Å². The lowest BCUT2D eigenvalue weighted by Crippen LogP contribution is -2.43. The van der Waals surface area contributed by atoms with Crippen LogP contribution in [-0.4, -0.2) is 28.6 Å². The number of hydrogen-bond acceptors (Lipinski definition) is 5. The smallest absolute Gasteiger partial charge is 0.270 e. The average molecular weight is 501 g/mol. The van der Waals surface area contributed by atoms with Gasteiger partial charge in [-0.25, -0.2) is 0 Å². The van der Waals surface area contributed by atoms with Gasteiger partial charge in [-0.05, 0) is 17.2 Å². The zero-order valence-corrected chi connectivity index (χ0v) is 20.4. The molecule has 38 heavy (non-hydrogen) atoms. The molecule has 4 atom stereocenters. The first kappa shape index (κ1) is 23.6. The van der Waals surface area contributed by atoms with Crippen LogP contribution in [0, 0.1) is 16.0 Å². The van der Waals surface area contributed by atoms with E-state index in [1.807, 2.05) is 97.1 Å². The molecule has 0 aromatic heterocycles. The minimum atomic E-state index is -0.742. The van der Waals surface area contributed by atoms with Crippen molar-refractivity contribution in [2.45, 2.75) is 18.0 Å². The van der Waals surface area contributed by atoms with E-state index in [0.29, 0.717) is 5.56 Å². The number of nitro benzene ring substituents is 1. The summed E-state index contributed by atoms with van der Waals surface area (Å²) in [5.74, 6) is -1.30. The Kier molecular flexibility index (Phi) is 5.92. The van der Waals surface area contributed by atoms with Crippen molar-refractivity contribution in [3.05, 3.63) is 148 Å². The van der Waals surface area contributed by atoms with Crippen LogP contribution >= 0.6 is 0 Å². The predicted octanol–water partition coefficient (Wildman–Crippen LogP) is 6.34. The van der Waals surface area contributed by atoms with Crippen molar-refractivity contribution in [3.63, 3.8) is 0 Å². The molecule has 2 heterocycles. The molecule has 0 spiro atoms. The van der Waals surface area contributed by atoms with Crippen molar-refractivity contribution in [1.82, 2.24) is 0 Å². The number of carbonyl (C=O) groups is 2. The molecule has 4 aromatic carbocycles. The first-order valence-electron chi connectivity index (χ1n) is 12.5. The van der Waals surface area contributed by atoms with Crippen LogP contribution in [0.5, 0.6) is 0 Å². The Morgan fingerprint density at radius 2 is 1.39 bits per heavy atom. The molecule has 4 aromatic rings. The Hall–Kier alpha value is -4.84. The fraction of sp³-hybridized carbons (Fsp3) is 0.125. The lowest BCUT2D eigenvalue weighted by molar-refractivity contribution is -0.384. The third-order valence-electron chi connectivity index (χ3n) is 7.56. The van der Waals surface area contributed by atoms with Gasteiger partial charge >= 0.3 is 0 Å². The van der Waals surface area contributed by atoms with E-state index in [-0.39, 0.29) is 28.9 Å². The monoisotopic (exact) mass is 500 g/mol. The summed E-state index contributed by atoms with van der Waals surface area (Å²) in [7, 11) is 0. The number of Topliss-reactive ketones (excluding diaryl/α,β-unsaturated/α-hetero) is 2. The standard InChI is InChI=1S/C32H24N2O4/c35-31(23-13-5-2-6-14-23)29-27-19-18-21-10-7-8-17-26(21)33(27)30(28(29)22-11-3-1-4-12-22)32(36)24-15-9-16-25(20-24)34(37)38/h1-20,27-30H/t27-,28+,29+,30+/m1/s1. The van der Waals surface area contributed by atoms with Gasteiger partial charge in [-0.3, -0.25) is 19.7 Å². The lowest BCUT2D eigenvalue weighted by Gasteiger charge is -2.35. The van der Waals surface area contributed by atoms with Gasteiger partial charge in [-0.2, -0.15) is 0 Å². The van der Waals surface area contributed by atoms with Crippen molar-refractivity contribution in [2.75, 3.05) is 4.90 Å². The molecule has 2 aliphatic rings. The van der Waals surface area contributed by atoms with Gasteiger partial charge in [-0.1, -0.05) is 103 Å². The number of para-hydroxylation sites is 1. The zero-order valence-electron chi connectivity index (χ0n) is 20.4. The van der Waals surface area contributed by atoms with Crippen molar-refractivity contribution < 1.29 is 14.5 Å². The molecular weight excluding hydrogens is 476 g/mol. The highest BCUT2D eigenvalue weighted by Crippen LogP contribution is 2.50. The SMILES string of the molecule is O=C(c1ccccc1)[C@@H]1[C@H](c2ccccc2)[C@@H](C(=O)c2cccc([N+](=O)[O-])c2)N2c3ccccc3C=C[C@H]12. The van der Waals surface area contributed by atoms with E-state index in [1.165, 1.54) is 18.2 Å². The van der Waals surface area contributed by atoms with Crippen LogP contribution in [0.4, 0.5) is 11.4 Å². The van der Waals surface area contributed by atoms with Crippen LogP contribution in [0.25, 0.3) is 6.08 Å². The number of non-ortho nitro benzene ring substituents is 1. The minimum absolute atomic E-state index is 0.0344. The molecule has 1 saturated heterocycles. The highest BCUT2D eigenvalue weighted by Gasteiger charge is 2.55. The number of benzene rings is 4. The fourth-order valence-corrected chi connectivity index (χ4v) is 5.94. The molecule has 186 valence electrons. The molecule has 6 heteroatoms. The highest BCUT2D eigenvalue weighted by molar-refractivity contribution is 6.07. The van der Waals surface area contributed by atoms with Gasteiger partial charge in [0.05, 0.1) is 16.9 Å². The van der Waals surface area contributed by atoms with E-state index in [4.69, 9.17) is 0 Å². The Labute approximate surface area is 220 Å². The quantitative estimate of drug-likeness (QED) is 0.175. The maximum absolute atomic E-state index is 14.4. The second kappa shape index (κ2) is 9.56. The Balaban J connectivity index is 1.57. The van der Waals surface area contributed by atoms with Gasteiger partial charge in [0, 0.05) is 34.9 Å². The molecule has 0 bridgehead atoms. The minimum Gasteiger partial charge on any atom is -0.353 e. The maximum atomic E-state index is 14.4. The summed E-state index contributed by atoms with van der Waals surface area (Å²) in [5.41, 5.74) is 3.41. The molecule has 0 radical (unpaired) electrons. The summed E-state index contributed by atoms with van der Waals surface area (Å²) in [5, 5.41) is 11.5. The molecule has 0 saturated carbocycles. The molecule has 0 unspecified atom stereocenters. The van der Waals surface area contributed by atoms with Crippen LogP contribution in [0.2, 0.25) is 0 Å². The number of anilines is 1. The molecule has 6 nitrogen and oxygen atoms in total. The number of nitro groups is 1. The lowest BCUT2D eigenvalue weighted by atomic mass is 9.76. The number of nitrogens with zero attached hydrogens (tertiary/aromatic N) is 2. The Bertz CT molecular complexity index is 1560. The van der Waals surface area contributed by atoms with Gasteiger partial charge in [0.1, 0.15) is 6.04 Å². The van der Waals surface area contributed by atoms with Crippen LogP contribution in [0.15, 0.2) is 115 Å². The molecule has 0 aliphatic carbocycles. The molecular formula is C32H24N2O4.